The van der Waals surface area contributed by atoms with Crippen LogP contribution in [-0.2, 0) is 0 Å². The summed E-state index contributed by atoms with van der Waals surface area (Å²) in [6.07, 6.45) is 2.30. The van der Waals surface area contributed by atoms with Gasteiger partial charge in [-0.25, -0.2) is 9.97 Å². The van der Waals surface area contributed by atoms with Gasteiger partial charge in [0.1, 0.15) is 0 Å². The lowest BCUT2D eigenvalue weighted by molar-refractivity contribution is 0.672. The van der Waals surface area contributed by atoms with Gasteiger partial charge in [0.25, 0.3) is 0 Å². The second kappa shape index (κ2) is 6.24. The Kier molecular flexibility index (Phi) is 4.62. The van der Waals surface area contributed by atoms with Crippen molar-refractivity contribution in [2.45, 2.75) is 18.9 Å². The zero-order chi connectivity index (χ0) is 13.2. The second-order valence-electron chi connectivity index (χ2n) is 4.86. The average molecular weight is 294 g/mol. The van der Waals surface area contributed by atoms with Crippen LogP contribution in [0.5, 0.6) is 0 Å². The summed E-state index contributed by atoms with van der Waals surface area (Å²) in [4.78, 5) is 11.7. The van der Waals surface area contributed by atoms with Gasteiger partial charge in [-0.05, 0) is 25.0 Å². The molecule has 1 saturated heterocycles. The second-order valence-corrected chi connectivity index (χ2v) is 4.86. The lowest BCUT2D eigenvalue weighted by atomic mass is 10.2. The van der Waals surface area contributed by atoms with Crippen molar-refractivity contribution in [2.24, 2.45) is 5.73 Å². The van der Waals surface area contributed by atoms with Gasteiger partial charge in [-0.1, -0.05) is 12.1 Å². The number of aromatic nitrogens is 2. The number of nitrogens with zero attached hydrogens (tertiary/aromatic N) is 3. The fraction of sp³-hybridized carbons (Fsp3) is 0.429. The first-order chi connectivity index (χ1) is 9.33. The fourth-order valence-electron chi connectivity index (χ4n) is 2.72. The van der Waals surface area contributed by atoms with E-state index in [1.165, 1.54) is 6.42 Å². The Labute approximate surface area is 125 Å². The maximum absolute atomic E-state index is 5.86. The van der Waals surface area contributed by atoms with Crippen molar-refractivity contribution in [3.63, 3.8) is 0 Å². The monoisotopic (exact) mass is 293 g/mol. The molecule has 20 heavy (non-hydrogen) atoms. The third-order valence-corrected chi connectivity index (χ3v) is 3.71. The quantitative estimate of drug-likeness (QED) is 0.906. The first-order valence-electron chi connectivity index (χ1n) is 6.74. The van der Waals surface area contributed by atoms with Gasteiger partial charge in [0.15, 0.2) is 11.6 Å². The Balaban J connectivity index is 0.00000147. The number of halogens is 1. The number of nitrogens with two attached hydrogens (primary N) is 1. The van der Waals surface area contributed by atoms with Crippen molar-refractivity contribution >= 4 is 35.1 Å². The highest BCUT2D eigenvalue weighted by Gasteiger charge is 2.27. The Morgan fingerprint density at radius 2 is 2.00 bits per heavy atom. The molecule has 1 aromatic carbocycles. The average Bonchev–Trinajstić information content (AvgIpc) is 2.94. The standard InChI is InChI=1S/C14H19N5.ClH/c1-16-13-14(19-8-4-5-10(19)9-15)18-12-7-3-2-6-11(12)17-13;/h2-3,6-7,10H,4-5,8-9,15H2,1H3,(H,16,17);1H. The largest absolute Gasteiger partial charge is 0.370 e. The molecule has 1 atom stereocenters. The van der Waals surface area contributed by atoms with Gasteiger partial charge in [0.05, 0.1) is 11.0 Å². The minimum absolute atomic E-state index is 0. The van der Waals surface area contributed by atoms with Crippen molar-refractivity contribution in [1.82, 2.24) is 9.97 Å². The molecule has 1 fully saturated rings. The van der Waals surface area contributed by atoms with E-state index in [1.807, 2.05) is 31.3 Å². The highest BCUT2D eigenvalue weighted by molar-refractivity contribution is 5.85. The predicted octanol–water partition coefficient (Wildman–Crippen LogP) is 2.02. The van der Waals surface area contributed by atoms with E-state index in [0.29, 0.717) is 12.6 Å². The number of benzene rings is 1. The number of hydrogen-bond donors (Lipinski definition) is 2. The van der Waals surface area contributed by atoms with Crippen LogP contribution in [0, 0.1) is 0 Å². The van der Waals surface area contributed by atoms with Gasteiger partial charge in [-0.15, -0.1) is 12.4 Å². The number of anilines is 2. The number of nitrogens with one attached hydrogen (secondary N) is 1. The molecule has 0 aliphatic carbocycles. The summed E-state index contributed by atoms with van der Waals surface area (Å²) in [7, 11) is 1.88. The molecule has 1 aromatic heterocycles. The van der Waals surface area contributed by atoms with Crippen molar-refractivity contribution in [2.75, 3.05) is 30.4 Å². The molecule has 1 unspecified atom stereocenters. The summed E-state index contributed by atoms with van der Waals surface area (Å²) in [6.45, 7) is 1.67. The van der Waals surface area contributed by atoms with Crippen molar-refractivity contribution in [3.05, 3.63) is 24.3 Å². The van der Waals surface area contributed by atoms with E-state index in [9.17, 15) is 0 Å². The van der Waals surface area contributed by atoms with Gasteiger partial charge < -0.3 is 16.0 Å². The van der Waals surface area contributed by atoms with Gasteiger partial charge >= 0.3 is 0 Å². The third-order valence-electron chi connectivity index (χ3n) is 3.71. The number of hydrogen-bond acceptors (Lipinski definition) is 5. The zero-order valence-corrected chi connectivity index (χ0v) is 12.4. The highest BCUT2D eigenvalue weighted by Crippen LogP contribution is 2.30. The van der Waals surface area contributed by atoms with Gasteiger partial charge in [-0.2, -0.15) is 0 Å². The van der Waals surface area contributed by atoms with E-state index in [-0.39, 0.29) is 12.4 Å². The lowest BCUT2D eigenvalue weighted by Gasteiger charge is -2.26. The summed E-state index contributed by atoms with van der Waals surface area (Å²) in [6, 6.07) is 8.33. The van der Waals surface area contributed by atoms with E-state index in [0.717, 1.165) is 35.6 Å². The van der Waals surface area contributed by atoms with E-state index < -0.39 is 0 Å². The number of para-hydroxylation sites is 2. The lowest BCUT2D eigenvalue weighted by Crippen LogP contribution is -2.36. The molecule has 108 valence electrons. The summed E-state index contributed by atoms with van der Waals surface area (Å²) in [5.41, 5.74) is 7.70. The molecule has 2 heterocycles. The number of rotatable bonds is 3. The van der Waals surface area contributed by atoms with Crippen LogP contribution in [0.3, 0.4) is 0 Å². The fourth-order valence-corrected chi connectivity index (χ4v) is 2.72. The molecule has 5 nitrogen and oxygen atoms in total. The van der Waals surface area contributed by atoms with Crippen LogP contribution < -0.4 is 16.0 Å². The molecule has 3 rings (SSSR count). The first-order valence-corrected chi connectivity index (χ1v) is 6.74. The maximum atomic E-state index is 5.86. The summed E-state index contributed by atoms with van der Waals surface area (Å²) < 4.78 is 0. The SMILES string of the molecule is CNc1nc2ccccc2nc1N1CCCC1CN.Cl. The maximum Gasteiger partial charge on any atom is 0.172 e. The van der Waals surface area contributed by atoms with Crippen molar-refractivity contribution in [1.29, 1.82) is 0 Å². The van der Waals surface area contributed by atoms with Crippen LogP contribution in [0.15, 0.2) is 24.3 Å². The third kappa shape index (κ3) is 2.51. The number of fused-ring (bicyclic) bond motifs is 1. The Morgan fingerprint density at radius 3 is 2.65 bits per heavy atom. The predicted molar refractivity (Wildman–Crippen MR) is 85.8 cm³/mol. The summed E-state index contributed by atoms with van der Waals surface area (Å²) >= 11 is 0. The zero-order valence-electron chi connectivity index (χ0n) is 11.5. The van der Waals surface area contributed by atoms with E-state index in [1.54, 1.807) is 0 Å². The van der Waals surface area contributed by atoms with E-state index in [2.05, 4.69) is 15.2 Å². The van der Waals surface area contributed by atoms with Crippen LogP contribution in [0.1, 0.15) is 12.8 Å². The molecule has 2 aromatic rings. The van der Waals surface area contributed by atoms with Crippen molar-refractivity contribution in [3.8, 4) is 0 Å². The topological polar surface area (TPSA) is 67.1 Å². The highest BCUT2D eigenvalue weighted by atomic mass is 35.5. The normalized spacial score (nSPS) is 18.1. The van der Waals surface area contributed by atoms with Crippen molar-refractivity contribution < 1.29 is 0 Å². The van der Waals surface area contributed by atoms with Crippen LogP contribution in [-0.4, -0.2) is 36.1 Å². The summed E-state index contributed by atoms with van der Waals surface area (Å²) in [5, 5.41) is 3.15. The van der Waals surface area contributed by atoms with Gasteiger partial charge in [0, 0.05) is 26.2 Å². The Morgan fingerprint density at radius 1 is 1.30 bits per heavy atom. The molecule has 0 saturated carbocycles. The van der Waals surface area contributed by atoms with Crippen LogP contribution in [0.25, 0.3) is 11.0 Å². The molecule has 1 aliphatic rings. The molecule has 1 aliphatic heterocycles. The summed E-state index contributed by atoms with van der Waals surface area (Å²) in [5.74, 6) is 1.76. The first kappa shape index (κ1) is 14.8. The molecule has 6 heteroatoms. The molecule has 3 N–H and O–H groups in total. The Bertz CT molecular complexity index is 589. The smallest absolute Gasteiger partial charge is 0.172 e. The molecule has 0 amide bonds. The molecule has 0 spiro atoms. The molecule has 0 radical (unpaired) electrons. The van der Waals surface area contributed by atoms with E-state index >= 15 is 0 Å². The molecular formula is C14H20ClN5. The van der Waals surface area contributed by atoms with E-state index in [4.69, 9.17) is 10.7 Å². The van der Waals surface area contributed by atoms with Crippen LogP contribution in [0.4, 0.5) is 11.6 Å². The van der Waals surface area contributed by atoms with Crippen LogP contribution >= 0.6 is 12.4 Å². The minimum atomic E-state index is 0. The molecule has 0 bridgehead atoms. The molecular weight excluding hydrogens is 274 g/mol. The van der Waals surface area contributed by atoms with Crippen LogP contribution in [0.2, 0.25) is 0 Å². The Hall–Kier alpha value is -1.59. The minimum Gasteiger partial charge on any atom is -0.370 e. The van der Waals surface area contributed by atoms with Gasteiger partial charge in [-0.3, -0.25) is 0 Å². The van der Waals surface area contributed by atoms with Gasteiger partial charge in [0.2, 0.25) is 0 Å².